The molecule has 0 aliphatic rings. The van der Waals surface area contributed by atoms with Crippen molar-refractivity contribution in [2.45, 2.75) is 6.42 Å². The fourth-order valence-electron chi connectivity index (χ4n) is 1.32. The first-order valence-electron chi connectivity index (χ1n) is 5.79. The fraction of sp³-hybridized carbons (Fsp3) is 0.500. The van der Waals surface area contributed by atoms with E-state index in [1.54, 1.807) is 12.3 Å². The van der Waals surface area contributed by atoms with E-state index in [1.807, 2.05) is 6.07 Å². The van der Waals surface area contributed by atoms with Crippen LogP contribution < -0.4 is 10.6 Å². The third-order valence-electron chi connectivity index (χ3n) is 2.15. The minimum atomic E-state index is 0.627. The topological polar surface area (TPSA) is 53.1 Å². The van der Waals surface area contributed by atoms with Gasteiger partial charge >= 0.3 is 0 Å². The summed E-state index contributed by atoms with van der Waals surface area (Å²) in [6, 6.07) is 1.87. The lowest BCUT2D eigenvalue weighted by Gasteiger charge is -2.10. The second-order valence-electron chi connectivity index (χ2n) is 4.02. The Morgan fingerprint density at radius 3 is 2.94 bits per heavy atom. The second-order valence-corrected chi connectivity index (χ2v) is 4.02. The number of nitrogens with zero attached hydrogens (tertiary/aromatic N) is 3. The Bertz CT molecular complexity index is 337. The van der Waals surface area contributed by atoms with Crippen LogP contribution in [0, 0.1) is 0 Å². The smallest absolute Gasteiger partial charge is 0.224 e. The van der Waals surface area contributed by atoms with Gasteiger partial charge in [0.15, 0.2) is 0 Å². The molecule has 1 aromatic rings. The van der Waals surface area contributed by atoms with Crippen LogP contribution in [0.15, 0.2) is 24.9 Å². The van der Waals surface area contributed by atoms with Gasteiger partial charge in [0.05, 0.1) is 0 Å². The molecule has 0 aromatic carbocycles. The first kappa shape index (κ1) is 13.4. The summed E-state index contributed by atoms with van der Waals surface area (Å²) < 4.78 is 0. The quantitative estimate of drug-likeness (QED) is 0.527. The number of aromatic nitrogens is 2. The van der Waals surface area contributed by atoms with Crippen LogP contribution in [0.4, 0.5) is 11.8 Å². The van der Waals surface area contributed by atoms with Crippen LogP contribution in [0.1, 0.15) is 6.42 Å². The molecule has 1 rings (SSSR count). The lowest BCUT2D eigenvalue weighted by atomic mass is 10.4. The molecule has 0 aliphatic heterocycles. The maximum atomic E-state index is 4.33. The van der Waals surface area contributed by atoms with Gasteiger partial charge in [0.25, 0.3) is 0 Å². The summed E-state index contributed by atoms with van der Waals surface area (Å²) in [7, 11) is 4.14. The van der Waals surface area contributed by atoms with Crippen molar-refractivity contribution in [3.63, 3.8) is 0 Å². The summed E-state index contributed by atoms with van der Waals surface area (Å²) in [6.07, 6.45) is 4.61. The maximum Gasteiger partial charge on any atom is 0.224 e. The van der Waals surface area contributed by atoms with Gasteiger partial charge in [0, 0.05) is 19.3 Å². The third-order valence-corrected chi connectivity index (χ3v) is 2.15. The number of anilines is 2. The molecule has 5 heteroatoms. The zero-order chi connectivity index (χ0) is 12.5. The molecular weight excluding hydrogens is 214 g/mol. The van der Waals surface area contributed by atoms with Gasteiger partial charge in [0.2, 0.25) is 5.95 Å². The maximum absolute atomic E-state index is 4.33. The minimum Gasteiger partial charge on any atom is -0.370 e. The molecule has 5 nitrogen and oxygen atoms in total. The van der Waals surface area contributed by atoms with Gasteiger partial charge in [0.1, 0.15) is 5.82 Å². The molecule has 0 aliphatic carbocycles. The van der Waals surface area contributed by atoms with Crippen LogP contribution in [0.2, 0.25) is 0 Å². The lowest BCUT2D eigenvalue weighted by molar-refractivity contribution is 0.405. The van der Waals surface area contributed by atoms with E-state index >= 15 is 0 Å². The van der Waals surface area contributed by atoms with E-state index in [9.17, 15) is 0 Å². The summed E-state index contributed by atoms with van der Waals surface area (Å²) in [6.45, 7) is 6.29. The first-order chi connectivity index (χ1) is 8.22. The van der Waals surface area contributed by atoms with Crippen molar-refractivity contribution < 1.29 is 0 Å². The van der Waals surface area contributed by atoms with Crippen LogP contribution >= 0.6 is 0 Å². The van der Waals surface area contributed by atoms with E-state index in [-0.39, 0.29) is 0 Å². The highest BCUT2D eigenvalue weighted by atomic mass is 15.1. The predicted octanol–water partition coefficient (Wildman–Crippen LogP) is 1.44. The molecule has 94 valence electrons. The highest BCUT2D eigenvalue weighted by molar-refractivity contribution is 5.39. The molecule has 0 bridgehead atoms. The Kier molecular flexibility index (Phi) is 6.03. The van der Waals surface area contributed by atoms with Crippen molar-refractivity contribution in [1.82, 2.24) is 14.9 Å². The second kappa shape index (κ2) is 7.62. The zero-order valence-electron chi connectivity index (χ0n) is 10.6. The fourth-order valence-corrected chi connectivity index (χ4v) is 1.32. The van der Waals surface area contributed by atoms with Crippen LogP contribution in [-0.2, 0) is 0 Å². The lowest BCUT2D eigenvalue weighted by Crippen LogP contribution is -2.16. The Morgan fingerprint density at radius 1 is 1.41 bits per heavy atom. The minimum absolute atomic E-state index is 0.627. The van der Waals surface area contributed by atoms with Crippen molar-refractivity contribution in [3.8, 4) is 0 Å². The average molecular weight is 235 g/mol. The van der Waals surface area contributed by atoms with Crippen molar-refractivity contribution in [3.05, 3.63) is 24.9 Å². The Morgan fingerprint density at radius 2 is 2.24 bits per heavy atom. The summed E-state index contributed by atoms with van der Waals surface area (Å²) in [5.41, 5.74) is 0. The molecule has 0 atom stereocenters. The Balaban J connectivity index is 2.34. The molecule has 0 saturated carbocycles. The van der Waals surface area contributed by atoms with Gasteiger partial charge in [-0.2, -0.15) is 4.98 Å². The summed E-state index contributed by atoms with van der Waals surface area (Å²) in [5.74, 6) is 1.48. The summed E-state index contributed by atoms with van der Waals surface area (Å²) >= 11 is 0. The van der Waals surface area contributed by atoms with Gasteiger partial charge in [-0.3, -0.25) is 0 Å². The standard InChI is InChI=1S/C12H21N5/c1-4-7-14-12-15-9-6-11(16-12)13-8-5-10-17(2)3/h4,6,9H,1,5,7-8,10H2,2-3H3,(H2,13,14,15,16). The molecule has 1 aromatic heterocycles. The number of rotatable bonds is 8. The molecule has 2 N–H and O–H groups in total. The largest absolute Gasteiger partial charge is 0.370 e. The van der Waals surface area contributed by atoms with E-state index < -0.39 is 0 Å². The molecular formula is C12H21N5. The van der Waals surface area contributed by atoms with Crippen LogP contribution in [0.3, 0.4) is 0 Å². The van der Waals surface area contributed by atoms with Crippen molar-refractivity contribution in [2.24, 2.45) is 0 Å². The van der Waals surface area contributed by atoms with E-state index in [0.717, 1.165) is 25.3 Å². The normalized spacial score (nSPS) is 10.3. The molecule has 0 unspecified atom stereocenters. The van der Waals surface area contributed by atoms with Crippen LogP contribution in [0.5, 0.6) is 0 Å². The van der Waals surface area contributed by atoms with Gasteiger partial charge in [-0.05, 0) is 33.1 Å². The van der Waals surface area contributed by atoms with Gasteiger partial charge < -0.3 is 15.5 Å². The van der Waals surface area contributed by atoms with E-state index in [4.69, 9.17) is 0 Å². The average Bonchev–Trinajstić information content (AvgIpc) is 2.32. The molecule has 0 radical (unpaired) electrons. The zero-order valence-corrected chi connectivity index (χ0v) is 10.6. The number of hydrogen-bond acceptors (Lipinski definition) is 5. The molecule has 17 heavy (non-hydrogen) atoms. The highest BCUT2D eigenvalue weighted by Crippen LogP contribution is 2.05. The third kappa shape index (κ3) is 5.87. The van der Waals surface area contributed by atoms with E-state index in [0.29, 0.717) is 12.5 Å². The molecule has 0 amide bonds. The Hall–Kier alpha value is -1.62. The SMILES string of the molecule is C=CCNc1nccc(NCCCN(C)C)n1. The van der Waals surface area contributed by atoms with Crippen molar-refractivity contribution in [2.75, 3.05) is 44.4 Å². The molecule has 0 spiro atoms. The predicted molar refractivity (Wildman–Crippen MR) is 72.4 cm³/mol. The summed E-state index contributed by atoms with van der Waals surface area (Å²) in [5, 5.41) is 6.33. The van der Waals surface area contributed by atoms with E-state index in [2.05, 4.69) is 46.2 Å². The molecule has 1 heterocycles. The molecule has 0 fully saturated rings. The summed E-state index contributed by atoms with van der Waals surface area (Å²) in [4.78, 5) is 10.6. The van der Waals surface area contributed by atoms with Gasteiger partial charge in [-0.15, -0.1) is 6.58 Å². The van der Waals surface area contributed by atoms with Crippen LogP contribution in [0.25, 0.3) is 0 Å². The van der Waals surface area contributed by atoms with Crippen molar-refractivity contribution in [1.29, 1.82) is 0 Å². The Labute approximate surface area is 103 Å². The van der Waals surface area contributed by atoms with Gasteiger partial charge in [-0.1, -0.05) is 6.08 Å². The highest BCUT2D eigenvalue weighted by Gasteiger charge is 1.97. The first-order valence-corrected chi connectivity index (χ1v) is 5.79. The van der Waals surface area contributed by atoms with Crippen molar-refractivity contribution >= 4 is 11.8 Å². The molecule has 0 saturated heterocycles. The monoisotopic (exact) mass is 235 g/mol. The van der Waals surface area contributed by atoms with Gasteiger partial charge in [-0.25, -0.2) is 4.98 Å². The van der Waals surface area contributed by atoms with E-state index in [1.165, 1.54) is 0 Å². The van der Waals surface area contributed by atoms with Crippen LogP contribution in [-0.4, -0.2) is 48.6 Å². The number of nitrogens with one attached hydrogen (secondary N) is 2. The number of hydrogen-bond donors (Lipinski definition) is 2.